The molecular weight excluding hydrogens is 309 g/mol. The summed E-state index contributed by atoms with van der Waals surface area (Å²) in [6, 6.07) is 5.75. The predicted molar refractivity (Wildman–Crippen MR) is 75.8 cm³/mol. The smallest absolute Gasteiger partial charge is 0.0637 e. The van der Waals surface area contributed by atoms with E-state index < -0.39 is 0 Å². The number of halogens is 3. The standard InChI is InChI=1S/C12H16BrCl2N/c1-12(2,8-13)16(3)7-9-5-4-6-10(14)11(9)15/h4-6H,7-8H2,1-3H3. The molecule has 90 valence electrons. The lowest BCUT2D eigenvalue weighted by Gasteiger charge is -2.34. The van der Waals surface area contributed by atoms with Crippen molar-refractivity contribution in [3.8, 4) is 0 Å². The second-order valence-corrected chi connectivity index (χ2v) is 5.86. The van der Waals surface area contributed by atoms with Crippen LogP contribution in [0.25, 0.3) is 0 Å². The van der Waals surface area contributed by atoms with Crippen molar-refractivity contribution < 1.29 is 0 Å². The molecule has 1 nitrogen and oxygen atoms in total. The molecule has 0 aliphatic rings. The minimum Gasteiger partial charge on any atom is -0.296 e. The van der Waals surface area contributed by atoms with Gasteiger partial charge >= 0.3 is 0 Å². The van der Waals surface area contributed by atoms with E-state index in [0.29, 0.717) is 10.0 Å². The van der Waals surface area contributed by atoms with Crippen LogP contribution >= 0.6 is 39.1 Å². The van der Waals surface area contributed by atoms with Crippen molar-refractivity contribution in [2.45, 2.75) is 25.9 Å². The number of benzene rings is 1. The van der Waals surface area contributed by atoms with E-state index in [1.54, 1.807) is 0 Å². The van der Waals surface area contributed by atoms with Gasteiger partial charge in [-0.3, -0.25) is 4.90 Å². The van der Waals surface area contributed by atoms with Gasteiger partial charge in [-0.1, -0.05) is 51.3 Å². The lowest BCUT2D eigenvalue weighted by Crippen LogP contribution is -2.42. The Labute approximate surface area is 116 Å². The fourth-order valence-corrected chi connectivity index (χ4v) is 2.05. The first-order valence-corrected chi connectivity index (χ1v) is 6.96. The van der Waals surface area contributed by atoms with Crippen molar-refractivity contribution >= 4 is 39.1 Å². The van der Waals surface area contributed by atoms with Gasteiger partial charge in [0.25, 0.3) is 0 Å². The van der Waals surface area contributed by atoms with E-state index in [1.165, 1.54) is 0 Å². The zero-order valence-corrected chi connectivity index (χ0v) is 12.8. The van der Waals surface area contributed by atoms with Gasteiger partial charge in [-0.2, -0.15) is 0 Å². The van der Waals surface area contributed by atoms with E-state index in [9.17, 15) is 0 Å². The quantitative estimate of drug-likeness (QED) is 0.732. The number of alkyl halides is 1. The van der Waals surface area contributed by atoms with Crippen molar-refractivity contribution in [3.05, 3.63) is 33.8 Å². The van der Waals surface area contributed by atoms with E-state index in [2.05, 4.69) is 41.7 Å². The van der Waals surface area contributed by atoms with Crippen LogP contribution in [0.5, 0.6) is 0 Å². The average molecular weight is 325 g/mol. The van der Waals surface area contributed by atoms with Crippen molar-refractivity contribution in [2.75, 3.05) is 12.4 Å². The van der Waals surface area contributed by atoms with Crippen LogP contribution in [-0.4, -0.2) is 22.8 Å². The molecule has 0 aliphatic carbocycles. The predicted octanol–water partition coefficient (Wildman–Crippen LogP) is 4.60. The van der Waals surface area contributed by atoms with Crippen LogP contribution in [0, 0.1) is 0 Å². The van der Waals surface area contributed by atoms with Crippen molar-refractivity contribution in [3.63, 3.8) is 0 Å². The maximum absolute atomic E-state index is 6.16. The first-order chi connectivity index (χ1) is 7.38. The van der Waals surface area contributed by atoms with Crippen LogP contribution in [0.15, 0.2) is 18.2 Å². The van der Waals surface area contributed by atoms with Gasteiger partial charge in [-0.15, -0.1) is 0 Å². The third-order valence-corrected chi connectivity index (χ3v) is 5.03. The van der Waals surface area contributed by atoms with Crippen molar-refractivity contribution in [1.29, 1.82) is 0 Å². The first kappa shape index (κ1) is 14.3. The summed E-state index contributed by atoms with van der Waals surface area (Å²) in [6.07, 6.45) is 0. The number of hydrogen-bond acceptors (Lipinski definition) is 1. The molecular formula is C12H16BrCl2N. The van der Waals surface area contributed by atoms with Gasteiger partial charge in [0.2, 0.25) is 0 Å². The molecule has 1 aromatic rings. The summed E-state index contributed by atoms with van der Waals surface area (Å²) in [6.45, 7) is 5.15. The maximum Gasteiger partial charge on any atom is 0.0637 e. The van der Waals surface area contributed by atoms with Gasteiger partial charge < -0.3 is 0 Å². The molecule has 0 aromatic heterocycles. The van der Waals surface area contributed by atoms with Crippen LogP contribution in [-0.2, 0) is 6.54 Å². The van der Waals surface area contributed by atoms with E-state index in [-0.39, 0.29) is 5.54 Å². The average Bonchev–Trinajstić information content (AvgIpc) is 2.24. The molecule has 0 radical (unpaired) electrons. The lowest BCUT2D eigenvalue weighted by atomic mass is 10.1. The first-order valence-electron chi connectivity index (χ1n) is 5.08. The zero-order valence-electron chi connectivity index (χ0n) is 9.73. The van der Waals surface area contributed by atoms with Crippen molar-refractivity contribution in [1.82, 2.24) is 4.90 Å². The summed E-state index contributed by atoms with van der Waals surface area (Å²) in [4.78, 5) is 2.25. The Bertz CT molecular complexity index is 366. The Morgan fingerprint density at radius 1 is 1.31 bits per heavy atom. The molecule has 0 spiro atoms. The third-order valence-electron chi connectivity index (χ3n) is 2.80. The SMILES string of the molecule is CN(Cc1cccc(Cl)c1Cl)C(C)(C)CBr. The maximum atomic E-state index is 6.16. The summed E-state index contributed by atoms with van der Waals surface area (Å²) in [7, 11) is 2.08. The molecule has 0 fully saturated rings. The van der Waals surface area contributed by atoms with Crippen LogP contribution in [0.3, 0.4) is 0 Å². The highest BCUT2D eigenvalue weighted by atomic mass is 79.9. The zero-order chi connectivity index (χ0) is 12.3. The van der Waals surface area contributed by atoms with E-state index in [4.69, 9.17) is 23.2 Å². The monoisotopic (exact) mass is 323 g/mol. The highest BCUT2D eigenvalue weighted by Gasteiger charge is 2.22. The summed E-state index contributed by atoms with van der Waals surface area (Å²) >= 11 is 15.7. The largest absolute Gasteiger partial charge is 0.296 e. The molecule has 0 atom stereocenters. The highest BCUT2D eigenvalue weighted by Crippen LogP contribution is 2.28. The summed E-state index contributed by atoms with van der Waals surface area (Å²) < 4.78 is 0. The molecule has 0 saturated carbocycles. The van der Waals surface area contributed by atoms with Crippen molar-refractivity contribution in [2.24, 2.45) is 0 Å². The van der Waals surface area contributed by atoms with Crippen LogP contribution in [0.2, 0.25) is 10.0 Å². The number of rotatable bonds is 4. The molecule has 0 unspecified atom stereocenters. The number of nitrogens with zero attached hydrogens (tertiary/aromatic N) is 1. The van der Waals surface area contributed by atoms with Crippen LogP contribution in [0.4, 0.5) is 0 Å². The minimum absolute atomic E-state index is 0.0889. The molecule has 0 bridgehead atoms. The van der Waals surface area contributed by atoms with Gasteiger partial charge in [0.15, 0.2) is 0 Å². The van der Waals surface area contributed by atoms with E-state index in [0.717, 1.165) is 17.4 Å². The molecule has 0 heterocycles. The Hall–Kier alpha value is 0.240. The Balaban J connectivity index is 2.85. The van der Waals surface area contributed by atoms with Gasteiger partial charge in [0, 0.05) is 17.4 Å². The molecule has 1 rings (SSSR count). The van der Waals surface area contributed by atoms with Gasteiger partial charge in [-0.25, -0.2) is 0 Å². The fourth-order valence-electron chi connectivity index (χ4n) is 1.24. The third kappa shape index (κ3) is 3.36. The Kier molecular flexibility index (Phi) is 5.11. The molecule has 0 N–H and O–H groups in total. The molecule has 4 heteroatoms. The molecule has 0 amide bonds. The normalized spacial score (nSPS) is 12.2. The lowest BCUT2D eigenvalue weighted by molar-refractivity contribution is 0.173. The molecule has 0 saturated heterocycles. The summed E-state index contributed by atoms with van der Waals surface area (Å²) in [5.74, 6) is 0. The van der Waals surface area contributed by atoms with E-state index >= 15 is 0 Å². The summed E-state index contributed by atoms with van der Waals surface area (Å²) in [5, 5.41) is 2.18. The Morgan fingerprint density at radius 2 is 1.94 bits per heavy atom. The minimum atomic E-state index is 0.0889. The topological polar surface area (TPSA) is 3.24 Å². The van der Waals surface area contributed by atoms with Gasteiger partial charge in [-0.05, 0) is 32.5 Å². The number of hydrogen-bond donors (Lipinski definition) is 0. The molecule has 0 aliphatic heterocycles. The molecule has 1 aromatic carbocycles. The summed E-state index contributed by atoms with van der Waals surface area (Å²) in [5.41, 5.74) is 1.15. The van der Waals surface area contributed by atoms with Crippen LogP contribution in [0.1, 0.15) is 19.4 Å². The Morgan fingerprint density at radius 3 is 2.50 bits per heavy atom. The second-order valence-electron chi connectivity index (χ2n) is 4.52. The van der Waals surface area contributed by atoms with Gasteiger partial charge in [0.05, 0.1) is 10.0 Å². The van der Waals surface area contributed by atoms with Crippen LogP contribution < -0.4 is 0 Å². The second kappa shape index (κ2) is 5.72. The highest BCUT2D eigenvalue weighted by molar-refractivity contribution is 9.09. The fraction of sp³-hybridized carbons (Fsp3) is 0.500. The van der Waals surface area contributed by atoms with E-state index in [1.807, 2.05) is 18.2 Å². The van der Waals surface area contributed by atoms with Gasteiger partial charge in [0.1, 0.15) is 0 Å². The molecule has 16 heavy (non-hydrogen) atoms.